The predicted molar refractivity (Wildman–Crippen MR) is 104 cm³/mol. The molecule has 0 atom stereocenters. The molecule has 0 radical (unpaired) electrons. The molecule has 172 valence electrons. The first-order chi connectivity index (χ1) is 15.6. The largest absolute Gasteiger partial charge is 0.496 e. The van der Waals surface area contributed by atoms with Crippen LogP contribution in [0.1, 0.15) is 6.92 Å². The lowest BCUT2D eigenvalue weighted by molar-refractivity contribution is 0.341. The van der Waals surface area contributed by atoms with Crippen molar-refractivity contribution in [1.29, 1.82) is 0 Å². The van der Waals surface area contributed by atoms with Gasteiger partial charge in [0.25, 0.3) is 0 Å². The van der Waals surface area contributed by atoms with Crippen molar-refractivity contribution in [2.24, 2.45) is 0 Å². The highest BCUT2D eigenvalue weighted by Crippen LogP contribution is 2.48. The van der Waals surface area contributed by atoms with E-state index in [1.165, 1.54) is 6.92 Å². The van der Waals surface area contributed by atoms with Gasteiger partial charge >= 0.3 is 0 Å². The third-order valence-corrected chi connectivity index (χ3v) is 5.17. The first kappa shape index (κ1) is 22.6. The minimum absolute atomic E-state index is 0.0702. The third-order valence-electron chi connectivity index (χ3n) is 5.17. The summed E-state index contributed by atoms with van der Waals surface area (Å²) >= 11 is 0. The van der Waals surface area contributed by atoms with Crippen molar-refractivity contribution in [3.63, 3.8) is 0 Å². The molecular weight excluding hydrogens is 460 g/mol. The van der Waals surface area contributed by atoms with E-state index < -0.39 is 79.2 Å². The van der Waals surface area contributed by atoms with E-state index >= 15 is 0 Å². The van der Waals surface area contributed by atoms with Crippen molar-refractivity contribution in [2.45, 2.75) is 6.92 Å². The summed E-state index contributed by atoms with van der Waals surface area (Å²) in [6, 6.07) is 3.90. The number of benzene rings is 4. The summed E-state index contributed by atoms with van der Waals surface area (Å²) < 4.78 is 126. The van der Waals surface area contributed by atoms with Crippen molar-refractivity contribution in [3.05, 3.63) is 70.8 Å². The number of fused-ring (bicyclic) bond motifs is 2. The van der Waals surface area contributed by atoms with Crippen molar-refractivity contribution in [1.82, 2.24) is 0 Å². The Hall–Kier alpha value is -3.56. The van der Waals surface area contributed by atoms with Crippen LogP contribution in [0, 0.1) is 46.5 Å². The van der Waals surface area contributed by atoms with E-state index in [9.17, 15) is 35.1 Å². The van der Waals surface area contributed by atoms with Gasteiger partial charge in [-0.15, -0.1) is 0 Å². The van der Waals surface area contributed by atoms with Gasteiger partial charge in [-0.2, -0.15) is 0 Å². The van der Waals surface area contributed by atoms with Crippen LogP contribution in [0.3, 0.4) is 0 Å². The van der Waals surface area contributed by atoms with Gasteiger partial charge in [-0.25, -0.2) is 35.1 Å². The Labute approximate surface area is 180 Å². The van der Waals surface area contributed by atoms with Crippen LogP contribution >= 0.6 is 0 Å². The Bertz CT molecular complexity index is 1450. The zero-order chi connectivity index (χ0) is 24.2. The van der Waals surface area contributed by atoms with Gasteiger partial charge in [-0.05, 0) is 31.2 Å². The summed E-state index contributed by atoms with van der Waals surface area (Å²) in [5.41, 5.74) is -1.15. The highest BCUT2D eigenvalue weighted by Gasteiger charge is 2.30. The minimum Gasteiger partial charge on any atom is -0.496 e. The Morgan fingerprint density at radius 2 is 0.939 bits per heavy atom. The SMILES string of the molecule is CCOc1ccc2c(F)c(F)c(F)c(F)c2c1-c1c(OC)ccc2c(F)c(F)c(F)c(F)c12. The van der Waals surface area contributed by atoms with E-state index in [-0.39, 0.29) is 18.1 Å². The van der Waals surface area contributed by atoms with Crippen molar-refractivity contribution < 1.29 is 44.6 Å². The minimum atomic E-state index is -2.17. The molecule has 10 heteroatoms. The molecule has 33 heavy (non-hydrogen) atoms. The molecule has 0 aromatic heterocycles. The molecule has 4 aromatic carbocycles. The van der Waals surface area contributed by atoms with Gasteiger partial charge in [0.05, 0.1) is 13.7 Å². The first-order valence-corrected chi connectivity index (χ1v) is 9.40. The molecule has 0 saturated heterocycles. The molecule has 4 aromatic rings. The molecule has 0 N–H and O–H groups in total. The van der Waals surface area contributed by atoms with Gasteiger partial charge in [-0.1, -0.05) is 0 Å². The summed E-state index contributed by atoms with van der Waals surface area (Å²) in [6.07, 6.45) is 0. The van der Waals surface area contributed by atoms with Gasteiger partial charge in [0.2, 0.25) is 0 Å². The molecular formula is C23H12F8O2. The van der Waals surface area contributed by atoms with Crippen LogP contribution in [0.4, 0.5) is 35.1 Å². The molecule has 0 aliphatic rings. The summed E-state index contributed by atoms with van der Waals surface area (Å²) in [6.45, 7) is 1.44. The quantitative estimate of drug-likeness (QED) is 0.178. The van der Waals surface area contributed by atoms with Gasteiger partial charge in [0.1, 0.15) is 11.5 Å². The second-order valence-electron chi connectivity index (χ2n) is 6.87. The van der Waals surface area contributed by atoms with E-state index in [2.05, 4.69) is 0 Å². The van der Waals surface area contributed by atoms with Crippen LogP contribution in [0.15, 0.2) is 24.3 Å². The van der Waals surface area contributed by atoms with Crippen molar-refractivity contribution in [2.75, 3.05) is 13.7 Å². The van der Waals surface area contributed by atoms with Gasteiger partial charge in [0.15, 0.2) is 46.5 Å². The van der Waals surface area contributed by atoms with Crippen LogP contribution in [-0.4, -0.2) is 13.7 Å². The lowest BCUT2D eigenvalue weighted by Gasteiger charge is -2.20. The molecule has 0 heterocycles. The maximum absolute atomic E-state index is 15.0. The van der Waals surface area contributed by atoms with Crippen LogP contribution in [0.2, 0.25) is 0 Å². The average molecular weight is 472 g/mol. The summed E-state index contributed by atoms with van der Waals surface area (Å²) in [4.78, 5) is 0. The topological polar surface area (TPSA) is 18.5 Å². The number of methoxy groups -OCH3 is 1. The maximum atomic E-state index is 15.0. The van der Waals surface area contributed by atoms with Crippen LogP contribution in [-0.2, 0) is 0 Å². The van der Waals surface area contributed by atoms with Crippen molar-refractivity contribution in [3.8, 4) is 22.6 Å². The Morgan fingerprint density at radius 3 is 1.36 bits per heavy atom. The van der Waals surface area contributed by atoms with Crippen LogP contribution in [0.25, 0.3) is 32.7 Å². The maximum Gasteiger partial charge on any atom is 0.198 e. The average Bonchev–Trinajstić information content (AvgIpc) is 2.82. The molecule has 0 aliphatic heterocycles. The summed E-state index contributed by atoms with van der Waals surface area (Å²) in [5, 5.41) is -3.31. The molecule has 0 saturated carbocycles. The summed E-state index contributed by atoms with van der Waals surface area (Å²) in [7, 11) is 1.08. The Morgan fingerprint density at radius 1 is 0.545 bits per heavy atom. The molecule has 0 bridgehead atoms. The lowest BCUT2D eigenvalue weighted by Crippen LogP contribution is -2.05. The second kappa shape index (κ2) is 8.09. The zero-order valence-corrected chi connectivity index (χ0v) is 16.9. The van der Waals surface area contributed by atoms with Crippen molar-refractivity contribution >= 4 is 21.5 Å². The lowest BCUT2D eigenvalue weighted by atomic mass is 9.91. The van der Waals surface area contributed by atoms with E-state index in [0.29, 0.717) is 0 Å². The smallest absolute Gasteiger partial charge is 0.198 e. The molecule has 4 rings (SSSR count). The van der Waals surface area contributed by atoms with E-state index in [1.54, 1.807) is 0 Å². The van der Waals surface area contributed by atoms with Gasteiger partial charge < -0.3 is 9.47 Å². The molecule has 0 fully saturated rings. The second-order valence-corrected chi connectivity index (χ2v) is 6.87. The number of rotatable bonds is 4. The number of hydrogen-bond donors (Lipinski definition) is 0. The molecule has 0 amide bonds. The highest BCUT2D eigenvalue weighted by atomic mass is 19.2. The normalized spacial score (nSPS) is 11.5. The monoisotopic (exact) mass is 472 g/mol. The van der Waals surface area contributed by atoms with E-state index in [4.69, 9.17) is 9.47 Å². The number of halogens is 8. The third kappa shape index (κ3) is 3.15. The van der Waals surface area contributed by atoms with E-state index in [1.807, 2.05) is 0 Å². The summed E-state index contributed by atoms with van der Waals surface area (Å²) in [5.74, 6) is -16.4. The van der Waals surface area contributed by atoms with Crippen LogP contribution < -0.4 is 9.47 Å². The van der Waals surface area contributed by atoms with Gasteiger partial charge in [0, 0.05) is 32.7 Å². The number of ether oxygens (including phenoxy) is 2. The fourth-order valence-electron chi connectivity index (χ4n) is 3.77. The fraction of sp³-hybridized carbons (Fsp3) is 0.130. The highest BCUT2D eigenvalue weighted by molar-refractivity contribution is 6.10. The fourth-order valence-corrected chi connectivity index (χ4v) is 3.77. The van der Waals surface area contributed by atoms with Gasteiger partial charge in [-0.3, -0.25) is 0 Å². The molecule has 0 spiro atoms. The first-order valence-electron chi connectivity index (χ1n) is 9.40. The molecule has 0 aliphatic carbocycles. The molecule has 2 nitrogen and oxygen atoms in total. The predicted octanol–water partition coefficient (Wildman–Crippen LogP) is 7.18. The number of hydrogen-bond acceptors (Lipinski definition) is 2. The molecule has 0 unspecified atom stereocenters. The Kier molecular flexibility index (Phi) is 5.55. The standard InChI is InChI=1S/C23H12F8O2/c1-3-33-11-7-5-9-13(19(27)23(31)21(29)17(9)25)15(11)14-10(32-2)6-4-8-12(14)18(26)22(30)20(28)16(8)24/h4-7H,3H2,1-2H3. The Balaban J connectivity index is 2.36. The zero-order valence-electron chi connectivity index (χ0n) is 16.9. The van der Waals surface area contributed by atoms with E-state index in [0.717, 1.165) is 31.4 Å². The van der Waals surface area contributed by atoms with Crippen LogP contribution in [0.5, 0.6) is 11.5 Å².